The molecule has 0 atom stereocenters. The van der Waals surface area contributed by atoms with E-state index in [9.17, 15) is 9.59 Å². The summed E-state index contributed by atoms with van der Waals surface area (Å²) in [6.07, 6.45) is 0. The highest BCUT2D eigenvalue weighted by atomic mass is 16.2. The Kier molecular flexibility index (Phi) is 2.03. The molecule has 0 unspecified atom stereocenters. The van der Waals surface area contributed by atoms with Gasteiger partial charge in [-0.05, 0) is 11.5 Å². The van der Waals surface area contributed by atoms with Crippen LogP contribution >= 0.6 is 0 Å². The smallest absolute Gasteiger partial charge is 0.290 e. The molecule has 0 radical (unpaired) electrons. The minimum atomic E-state index is -0.586. The van der Waals surface area contributed by atoms with Gasteiger partial charge in [-0.3, -0.25) is 14.8 Å². The van der Waals surface area contributed by atoms with Crippen LogP contribution in [0.15, 0.2) is 46.0 Å². The Bertz CT molecular complexity index is 1090. The number of nitrogens with one attached hydrogen (secondary N) is 2. The molecule has 6 nitrogen and oxygen atoms in total. The van der Waals surface area contributed by atoms with Crippen molar-refractivity contribution < 1.29 is 0 Å². The standard InChI is InChI=1S/C14H8N4O2/c19-13-11-12(17-14(20)18-13)15-9-6-5-7-3-1-2-4-8(7)10(9)16-11/h1-6H,(H2,15,17,18,19,20). The first-order valence-corrected chi connectivity index (χ1v) is 6.04. The number of aromatic amines is 2. The lowest BCUT2D eigenvalue weighted by atomic mass is 10.1. The monoisotopic (exact) mass is 264 g/mol. The van der Waals surface area contributed by atoms with Crippen molar-refractivity contribution in [2.75, 3.05) is 0 Å². The Balaban J connectivity index is 2.30. The second kappa shape index (κ2) is 3.74. The highest BCUT2D eigenvalue weighted by Gasteiger charge is 2.08. The third-order valence-corrected chi connectivity index (χ3v) is 3.23. The van der Waals surface area contributed by atoms with Crippen LogP contribution in [0, 0.1) is 0 Å². The molecule has 0 aliphatic carbocycles. The SMILES string of the molecule is O=c1[nH]c(=O)c2nc3c(ccc4ccccc43)nc2[nH]1. The summed E-state index contributed by atoms with van der Waals surface area (Å²) in [7, 11) is 0. The average Bonchev–Trinajstić information content (AvgIpc) is 2.45. The summed E-state index contributed by atoms with van der Waals surface area (Å²) < 4.78 is 0. The van der Waals surface area contributed by atoms with Crippen LogP contribution in [-0.2, 0) is 0 Å². The number of hydrogen-bond donors (Lipinski definition) is 2. The zero-order chi connectivity index (χ0) is 13.7. The van der Waals surface area contributed by atoms with Crippen molar-refractivity contribution in [1.82, 2.24) is 19.9 Å². The van der Waals surface area contributed by atoms with E-state index in [-0.39, 0.29) is 11.2 Å². The van der Waals surface area contributed by atoms with E-state index in [0.29, 0.717) is 11.0 Å². The highest BCUT2D eigenvalue weighted by Crippen LogP contribution is 2.22. The topological polar surface area (TPSA) is 91.5 Å². The number of hydrogen-bond acceptors (Lipinski definition) is 4. The Morgan fingerprint density at radius 1 is 0.850 bits per heavy atom. The van der Waals surface area contributed by atoms with Gasteiger partial charge in [-0.2, -0.15) is 0 Å². The minimum absolute atomic E-state index is 0.133. The van der Waals surface area contributed by atoms with Gasteiger partial charge in [0.2, 0.25) is 0 Å². The first-order chi connectivity index (χ1) is 9.72. The summed E-state index contributed by atoms with van der Waals surface area (Å²) in [6.45, 7) is 0. The summed E-state index contributed by atoms with van der Waals surface area (Å²) in [5.41, 5.74) is 0.489. The summed E-state index contributed by atoms with van der Waals surface area (Å²) in [6, 6.07) is 11.5. The van der Waals surface area contributed by atoms with E-state index < -0.39 is 11.2 Å². The van der Waals surface area contributed by atoms with Crippen molar-refractivity contribution in [3.05, 3.63) is 57.2 Å². The summed E-state index contributed by atoms with van der Waals surface area (Å²) in [5.74, 6) is 0. The third-order valence-electron chi connectivity index (χ3n) is 3.23. The van der Waals surface area contributed by atoms with Gasteiger partial charge >= 0.3 is 5.69 Å². The number of rotatable bonds is 0. The van der Waals surface area contributed by atoms with Crippen LogP contribution in [0.1, 0.15) is 0 Å². The van der Waals surface area contributed by atoms with Crippen LogP contribution in [0.4, 0.5) is 0 Å². The van der Waals surface area contributed by atoms with Crippen LogP contribution in [0.5, 0.6) is 0 Å². The molecule has 0 amide bonds. The first kappa shape index (κ1) is 10.9. The molecule has 0 saturated carbocycles. The number of nitrogens with zero attached hydrogens (tertiary/aromatic N) is 2. The molecule has 96 valence electrons. The maximum absolute atomic E-state index is 11.8. The average molecular weight is 264 g/mol. The molecule has 2 heterocycles. The van der Waals surface area contributed by atoms with Gasteiger partial charge in [0.25, 0.3) is 5.56 Å². The van der Waals surface area contributed by atoms with Crippen molar-refractivity contribution >= 4 is 33.0 Å². The van der Waals surface area contributed by atoms with Crippen molar-refractivity contribution in [2.24, 2.45) is 0 Å². The predicted octanol–water partition coefficient (Wildman–Crippen LogP) is 1.31. The van der Waals surface area contributed by atoms with Crippen molar-refractivity contribution in [3.8, 4) is 0 Å². The third kappa shape index (κ3) is 1.45. The van der Waals surface area contributed by atoms with Gasteiger partial charge in [-0.25, -0.2) is 14.8 Å². The van der Waals surface area contributed by atoms with E-state index in [1.54, 1.807) is 0 Å². The lowest BCUT2D eigenvalue weighted by molar-refractivity contribution is 1.05. The Morgan fingerprint density at radius 3 is 2.60 bits per heavy atom. The van der Waals surface area contributed by atoms with Crippen molar-refractivity contribution in [1.29, 1.82) is 0 Å². The molecule has 0 aliphatic heterocycles. The molecule has 0 saturated heterocycles. The van der Waals surface area contributed by atoms with Gasteiger partial charge in [0.1, 0.15) is 0 Å². The normalized spacial score (nSPS) is 11.4. The Labute approximate surface area is 111 Å². The van der Waals surface area contributed by atoms with Crippen LogP contribution in [0.3, 0.4) is 0 Å². The lowest BCUT2D eigenvalue weighted by Crippen LogP contribution is -2.23. The van der Waals surface area contributed by atoms with Gasteiger partial charge in [-0.1, -0.05) is 30.3 Å². The van der Waals surface area contributed by atoms with Crippen LogP contribution in [0.25, 0.3) is 33.0 Å². The van der Waals surface area contributed by atoms with Crippen LogP contribution in [-0.4, -0.2) is 19.9 Å². The number of H-pyrrole nitrogens is 2. The van der Waals surface area contributed by atoms with Crippen molar-refractivity contribution in [3.63, 3.8) is 0 Å². The minimum Gasteiger partial charge on any atom is -0.290 e. The predicted molar refractivity (Wildman–Crippen MR) is 75.8 cm³/mol. The molecular weight excluding hydrogens is 256 g/mol. The van der Waals surface area contributed by atoms with E-state index in [2.05, 4.69) is 19.9 Å². The van der Waals surface area contributed by atoms with Crippen molar-refractivity contribution in [2.45, 2.75) is 0 Å². The fourth-order valence-electron chi connectivity index (χ4n) is 2.34. The quantitative estimate of drug-likeness (QED) is 0.370. The Morgan fingerprint density at radius 2 is 1.70 bits per heavy atom. The molecular formula is C14H8N4O2. The molecule has 0 bridgehead atoms. The molecule has 2 aromatic carbocycles. The van der Waals surface area contributed by atoms with Crippen LogP contribution in [0.2, 0.25) is 0 Å². The summed E-state index contributed by atoms with van der Waals surface area (Å²) in [5, 5.41) is 1.94. The van der Waals surface area contributed by atoms with Crippen LogP contribution < -0.4 is 11.2 Å². The zero-order valence-corrected chi connectivity index (χ0v) is 10.2. The lowest BCUT2D eigenvalue weighted by Gasteiger charge is -2.03. The van der Waals surface area contributed by atoms with Gasteiger partial charge in [0.15, 0.2) is 11.2 Å². The second-order valence-corrected chi connectivity index (χ2v) is 4.48. The molecule has 20 heavy (non-hydrogen) atoms. The maximum atomic E-state index is 11.8. The Hall–Kier alpha value is -3.02. The molecule has 4 rings (SSSR count). The molecule has 0 fully saturated rings. The first-order valence-electron chi connectivity index (χ1n) is 6.04. The highest BCUT2D eigenvalue weighted by molar-refractivity contribution is 6.05. The van der Waals surface area contributed by atoms with E-state index in [4.69, 9.17) is 0 Å². The van der Waals surface area contributed by atoms with E-state index in [1.807, 2.05) is 36.4 Å². The molecule has 0 spiro atoms. The maximum Gasteiger partial charge on any atom is 0.327 e. The molecule has 0 aliphatic rings. The molecule has 6 heteroatoms. The second-order valence-electron chi connectivity index (χ2n) is 4.48. The fourth-order valence-corrected chi connectivity index (χ4v) is 2.34. The number of benzene rings is 2. The van der Waals surface area contributed by atoms with E-state index in [1.165, 1.54) is 0 Å². The van der Waals surface area contributed by atoms with E-state index in [0.717, 1.165) is 10.8 Å². The summed E-state index contributed by atoms with van der Waals surface area (Å²) in [4.78, 5) is 36.4. The fraction of sp³-hybridized carbons (Fsp3) is 0. The van der Waals surface area contributed by atoms with Gasteiger partial charge in [0, 0.05) is 5.39 Å². The number of aromatic nitrogens is 4. The van der Waals surface area contributed by atoms with Gasteiger partial charge < -0.3 is 0 Å². The van der Waals surface area contributed by atoms with E-state index >= 15 is 0 Å². The zero-order valence-electron chi connectivity index (χ0n) is 10.2. The molecule has 4 aromatic rings. The van der Waals surface area contributed by atoms with Gasteiger partial charge in [0.05, 0.1) is 11.0 Å². The summed E-state index contributed by atoms with van der Waals surface area (Å²) >= 11 is 0. The molecule has 2 N–H and O–H groups in total. The largest absolute Gasteiger partial charge is 0.327 e. The molecule has 2 aromatic heterocycles. The van der Waals surface area contributed by atoms with Gasteiger partial charge in [-0.15, -0.1) is 0 Å². The number of fused-ring (bicyclic) bond motifs is 4.